The number of H-pyrrole nitrogens is 1. The number of ketones is 1. The Morgan fingerprint density at radius 1 is 1.27 bits per heavy atom. The van der Waals surface area contributed by atoms with Crippen molar-refractivity contribution in [3.63, 3.8) is 0 Å². The van der Waals surface area contributed by atoms with E-state index in [1.54, 1.807) is 17.0 Å². The zero-order valence-corrected chi connectivity index (χ0v) is 15.3. The summed E-state index contributed by atoms with van der Waals surface area (Å²) in [4.78, 5) is 30.4. The minimum Gasteiger partial charge on any atom is -0.354 e. The number of Topliss-reactive ketones (excluding diaryl/α,β-unsaturated/α-hetero) is 1. The molecule has 1 aromatic heterocycles. The van der Waals surface area contributed by atoms with Crippen LogP contribution in [0.1, 0.15) is 69.4 Å². The number of amides is 1. The van der Waals surface area contributed by atoms with Crippen molar-refractivity contribution in [2.75, 3.05) is 6.54 Å². The SMILES string of the molecule is CCCN(Cc1ccc(C#N)cc1)C(=O)c1[nH]c2c(c1C)C(=O)CCC2. The second-order valence-corrected chi connectivity index (χ2v) is 6.79. The fourth-order valence-electron chi connectivity index (χ4n) is 3.57. The van der Waals surface area contributed by atoms with Gasteiger partial charge in [0, 0.05) is 30.8 Å². The lowest BCUT2D eigenvalue weighted by Gasteiger charge is -2.22. The molecule has 1 heterocycles. The van der Waals surface area contributed by atoms with Gasteiger partial charge >= 0.3 is 0 Å². The van der Waals surface area contributed by atoms with E-state index in [0.717, 1.165) is 41.6 Å². The number of benzene rings is 1. The molecule has 0 fully saturated rings. The van der Waals surface area contributed by atoms with Gasteiger partial charge in [-0.3, -0.25) is 9.59 Å². The zero-order valence-electron chi connectivity index (χ0n) is 15.3. The maximum Gasteiger partial charge on any atom is 0.270 e. The number of nitrogens with one attached hydrogen (secondary N) is 1. The highest BCUT2D eigenvalue weighted by atomic mass is 16.2. The summed E-state index contributed by atoms with van der Waals surface area (Å²) in [5.74, 6) is 0.0593. The topological polar surface area (TPSA) is 77.0 Å². The minimum absolute atomic E-state index is 0.0732. The summed E-state index contributed by atoms with van der Waals surface area (Å²) in [6.45, 7) is 5.01. The summed E-state index contributed by atoms with van der Waals surface area (Å²) in [6.07, 6.45) is 3.06. The van der Waals surface area contributed by atoms with Gasteiger partial charge in [0.15, 0.2) is 5.78 Å². The smallest absolute Gasteiger partial charge is 0.270 e. The van der Waals surface area contributed by atoms with E-state index in [9.17, 15) is 9.59 Å². The molecule has 0 spiro atoms. The quantitative estimate of drug-likeness (QED) is 0.892. The largest absolute Gasteiger partial charge is 0.354 e. The van der Waals surface area contributed by atoms with Crippen LogP contribution >= 0.6 is 0 Å². The molecular formula is C21H23N3O2. The average Bonchev–Trinajstić information content (AvgIpc) is 2.99. The first-order chi connectivity index (χ1) is 12.5. The third-order valence-corrected chi connectivity index (χ3v) is 4.89. The second-order valence-electron chi connectivity index (χ2n) is 6.79. The molecule has 1 amide bonds. The Morgan fingerprint density at radius 3 is 2.62 bits per heavy atom. The number of hydrogen-bond donors (Lipinski definition) is 1. The van der Waals surface area contributed by atoms with Gasteiger partial charge < -0.3 is 9.88 Å². The molecular weight excluding hydrogens is 326 g/mol. The molecule has 26 heavy (non-hydrogen) atoms. The first-order valence-electron chi connectivity index (χ1n) is 9.08. The van der Waals surface area contributed by atoms with Crippen LogP contribution in [0.3, 0.4) is 0 Å². The summed E-state index contributed by atoms with van der Waals surface area (Å²) >= 11 is 0. The first-order valence-corrected chi connectivity index (χ1v) is 9.08. The van der Waals surface area contributed by atoms with E-state index in [1.807, 2.05) is 26.0 Å². The van der Waals surface area contributed by atoms with Gasteiger partial charge in [-0.25, -0.2) is 0 Å². The van der Waals surface area contributed by atoms with Gasteiger partial charge in [0.25, 0.3) is 5.91 Å². The van der Waals surface area contributed by atoms with E-state index in [0.29, 0.717) is 30.8 Å². The van der Waals surface area contributed by atoms with Crippen LogP contribution in [0.2, 0.25) is 0 Å². The van der Waals surface area contributed by atoms with Crippen molar-refractivity contribution in [2.24, 2.45) is 0 Å². The van der Waals surface area contributed by atoms with Crippen molar-refractivity contribution in [1.82, 2.24) is 9.88 Å². The number of carbonyl (C=O) groups excluding carboxylic acids is 2. The third-order valence-electron chi connectivity index (χ3n) is 4.89. The molecule has 0 bridgehead atoms. The molecule has 0 unspecified atom stereocenters. The van der Waals surface area contributed by atoms with E-state index >= 15 is 0 Å². The fourth-order valence-corrected chi connectivity index (χ4v) is 3.57. The number of nitriles is 1. The van der Waals surface area contributed by atoms with Crippen LogP contribution in [0.4, 0.5) is 0 Å². The number of fused-ring (bicyclic) bond motifs is 1. The monoisotopic (exact) mass is 349 g/mol. The van der Waals surface area contributed by atoms with E-state index in [2.05, 4.69) is 11.1 Å². The van der Waals surface area contributed by atoms with E-state index in [4.69, 9.17) is 5.26 Å². The van der Waals surface area contributed by atoms with Crippen molar-refractivity contribution in [1.29, 1.82) is 5.26 Å². The molecule has 2 aromatic rings. The van der Waals surface area contributed by atoms with Crippen molar-refractivity contribution < 1.29 is 9.59 Å². The van der Waals surface area contributed by atoms with Crippen LogP contribution < -0.4 is 0 Å². The second kappa shape index (κ2) is 7.57. The predicted molar refractivity (Wildman–Crippen MR) is 99.0 cm³/mol. The number of carbonyl (C=O) groups is 2. The van der Waals surface area contributed by atoms with Crippen LogP contribution in [0, 0.1) is 18.3 Å². The lowest BCUT2D eigenvalue weighted by atomic mass is 9.93. The van der Waals surface area contributed by atoms with Crippen molar-refractivity contribution in [3.05, 3.63) is 57.9 Å². The number of nitrogens with zero attached hydrogens (tertiary/aromatic N) is 2. The number of hydrogen-bond acceptors (Lipinski definition) is 3. The van der Waals surface area contributed by atoms with Crippen LogP contribution in [-0.2, 0) is 13.0 Å². The van der Waals surface area contributed by atoms with Crippen LogP contribution in [0.25, 0.3) is 0 Å². The summed E-state index contributed by atoms with van der Waals surface area (Å²) in [6, 6.07) is 9.39. The Labute approximate surface area is 153 Å². The molecule has 1 aromatic carbocycles. The minimum atomic E-state index is -0.0732. The van der Waals surface area contributed by atoms with Gasteiger partial charge in [0.2, 0.25) is 0 Å². The van der Waals surface area contributed by atoms with Gasteiger partial charge in [-0.1, -0.05) is 19.1 Å². The van der Waals surface area contributed by atoms with Gasteiger partial charge in [0.1, 0.15) is 5.69 Å². The summed E-state index contributed by atoms with van der Waals surface area (Å²) in [5, 5.41) is 8.92. The number of aryl methyl sites for hydroxylation is 1. The maximum absolute atomic E-state index is 13.1. The first kappa shape index (κ1) is 17.9. The van der Waals surface area contributed by atoms with E-state index in [-0.39, 0.29) is 11.7 Å². The highest BCUT2D eigenvalue weighted by molar-refractivity contribution is 6.04. The van der Waals surface area contributed by atoms with Crippen LogP contribution in [-0.4, -0.2) is 28.1 Å². The Bertz CT molecular complexity index is 872. The van der Waals surface area contributed by atoms with Crippen LogP contribution in [0.15, 0.2) is 24.3 Å². The van der Waals surface area contributed by atoms with Crippen molar-refractivity contribution in [2.45, 2.75) is 46.1 Å². The summed E-state index contributed by atoms with van der Waals surface area (Å²) < 4.78 is 0. The lowest BCUT2D eigenvalue weighted by Crippen LogP contribution is -2.32. The fraction of sp³-hybridized carbons (Fsp3) is 0.381. The summed E-state index contributed by atoms with van der Waals surface area (Å²) in [7, 11) is 0. The molecule has 0 saturated heterocycles. The van der Waals surface area contributed by atoms with E-state index in [1.165, 1.54) is 0 Å². The Kier molecular flexibility index (Phi) is 5.22. The number of aromatic nitrogens is 1. The van der Waals surface area contributed by atoms with Gasteiger partial charge in [-0.2, -0.15) is 5.26 Å². The maximum atomic E-state index is 13.1. The molecule has 0 radical (unpaired) electrons. The zero-order chi connectivity index (χ0) is 18.7. The molecule has 1 N–H and O–H groups in total. The van der Waals surface area contributed by atoms with Gasteiger partial charge in [0.05, 0.1) is 11.6 Å². The normalized spacial score (nSPS) is 13.2. The Balaban J connectivity index is 1.87. The van der Waals surface area contributed by atoms with Crippen LogP contribution in [0.5, 0.6) is 0 Å². The lowest BCUT2D eigenvalue weighted by molar-refractivity contribution is 0.0737. The Hall–Kier alpha value is -2.87. The molecule has 3 rings (SSSR count). The van der Waals surface area contributed by atoms with Gasteiger partial charge in [-0.05, 0) is 49.4 Å². The third kappa shape index (κ3) is 3.41. The van der Waals surface area contributed by atoms with Crippen molar-refractivity contribution >= 4 is 11.7 Å². The van der Waals surface area contributed by atoms with E-state index < -0.39 is 0 Å². The molecule has 134 valence electrons. The standard InChI is InChI=1S/C21H23N3O2/c1-3-11-24(13-16-9-7-15(12-22)8-10-16)21(26)20-14(2)19-17(23-20)5-4-6-18(19)25/h7-10,23H,3-6,11,13H2,1-2H3. The number of aromatic amines is 1. The molecule has 0 saturated carbocycles. The Morgan fingerprint density at radius 2 is 2.00 bits per heavy atom. The molecule has 0 aliphatic heterocycles. The molecule has 1 aliphatic carbocycles. The van der Waals surface area contributed by atoms with Crippen molar-refractivity contribution in [3.8, 4) is 6.07 Å². The highest BCUT2D eigenvalue weighted by Crippen LogP contribution is 2.27. The highest BCUT2D eigenvalue weighted by Gasteiger charge is 2.28. The molecule has 5 nitrogen and oxygen atoms in total. The molecule has 1 aliphatic rings. The predicted octanol–water partition coefficient (Wildman–Crippen LogP) is 3.77. The van der Waals surface area contributed by atoms with Gasteiger partial charge in [-0.15, -0.1) is 0 Å². The number of rotatable bonds is 5. The average molecular weight is 349 g/mol. The summed E-state index contributed by atoms with van der Waals surface area (Å²) in [5.41, 5.74) is 4.51. The molecule has 5 heteroatoms. The molecule has 0 atom stereocenters.